The summed E-state index contributed by atoms with van der Waals surface area (Å²) in [6.07, 6.45) is 2.17. The molecule has 2 amide bonds. The second kappa shape index (κ2) is 13.7. The summed E-state index contributed by atoms with van der Waals surface area (Å²) in [5.74, 6) is -1.10. The van der Waals surface area contributed by atoms with E-state index in [4.69, 9.17) is 5.21 Å². The lowest BCUT2D eigenvalue weighted by Crippen LogP contribution is -2.54. The molecule has 0 radical (unpaired) electrons. The molecular formula is C18H36N4O4. The van der Waals surface area contributed by atoms with Crippen molar-refractivity contribution >= 4 is 17.6 Å². The molecule has 0 aliphatic carbocycles. The molecule has 0 aromatic carbocycles. The van der Waals surface area contributed by atoms with Crippen molar-refractivity contribution in [2.45, 2.75) is 66.0 Å². The van der Waals surface area contributed by atoms with Gasteiger partial charge < -0.3 is 20.7 Å². The van der Waals surface area contributed by atoms with Gasteiger partial charge in [0.15, 0.2) is 0 Å². The predicted molar refractivity (Wildman–Crippen MR) is 101 cm³/mol. The van der Waals surface area contributed by atoms with Crippen LogP contribution in [0.3, 0.4) is 0 Å². The average molecular weight is 373 g/mol. The molecule has 2 atom stereocenters. The van der Waals surface area contributed by atoms with Crippen LogP contribution in [-0.2, 0) is 14.4 Å². The van der Waals surface area contributed by atoms with Gasteiger partial charge in [-0.1, -0.05) is 27.7 Å². The molecule has 0 saturated carbocycles. The first-order valence-electron chi connectivity index (χ1n) is 9.46. The van der Waals surface area contributed by atoms with Crippen LogP contribution in [0.25, 0.3) is 0 Å². The van der Waals surface area contributed by atoms with Gasteiger partial charge in [-0.25, -0.2) is 0 Å². The second-order valence-electron chi connectivity index (χ2n) is 6.85. The highest BCUT2D eigenvalue weighted by atomic mass is 16.5. The van der Waals surface area contributed by atoms with E-state index in [0.717, 1.165) is 32.5 Å². The number of rotatable bonds is 14. The molecule has 152 valence electrons. The number of hydrogen-bond donors (Lipinski definition) is 4. The predicted octanol–water partition coefficient (Wildman–Crippen LogP) is 0.692. The lowest BCUT2D eigenvalue weighted by molar-refractivity contribution is -0.133. The molecule has 0 aliphatic heterocycles. The number of amides is 2. The zero-order valence-electron chi connectivity index (χ0n) is 16.8. The van der Waals surface area contributed by atoms with Crippen LogP contribution < -0.4 is 16.1 Å². The third-order valence-electron chi connectivity index (χ3n) is 4.34. The van der Waals surface area contributed by atoms with Gasteiger partial charge in [0.2, 0.25) is 11.8 Å². The maximum atomic E-state index is 12.3. The normalized spacial score (nSPS) is 13.5. The highest BCUT2D eigenvalue weighted by molar-refractivity contribution is 5.91. The number of Topliss-reactive ketones (excluding diaryl/α,β-unsaturated/α-hetero) is 1. The number of nitrogens with one attached hydrogen (secondary N) is 3. The summed E-state index contributed by atoms with van der Waals surface area (Å²) in [5, 5.41) is 14.4. The number of unbranched alkanes of at least 4 members (excludes halogenated alkanes) is 1. The van der Waals surface area contributed by atoms with Gasteiger partial charge >= 0.3 is 0 Å². The quantitative estimate of drug-likeness (QED) is 0.264. The molecule has 0 fully saturated rings. The van der Waals surface area contributed by atoms with E-state index >= 15 is 0 Å². The van der Waals surface area contributed by atoms with Gasteiger partial charge in [-0.3, -0.25) is 14.4 Å². The van der Waals surface area contributed by atoms with Crippen molar-refractivity contribution in [2.75, 3.05) is 26.2 Å². The third-order valence-corrected chi connectivity index (χ3v) is 4.34. The Hall–Kier alpha value is -1.51. The first kappa shape index (κ1) is 24.5. The van der Waals surface area contributed by atoms with E-state index in [-0.39, 0.29) is 24.2 Å². The Labute approximate surface area is 157 Å². The maximum absolute atomic E-state index is 12.3. The summed E-state index contributed by atoms with van der Waals surface area (Å²) in [4.78, 5) is 38.0. The van der Waals surface area contributed by atoms with Gasteiger partial charge in [-0.05, 0) is 51.7 Å². The molecule has 0 aliphatic rings. The number of hydrogen-bond acceptors (Lipinski definition) is 6. The number of ketones is 1. The Morgan fingerprint density at radius 2 is 1.65 bits per heavy atom. The first-order valence-corrected chi connectivity index (χ1v) is 9.46. The van der Waals surface area contributed by atoms with Gasteiger partial charge in [-0.2, -0.15) is 5.48 Å². The molecule has 0 saturated heterocycles. The van der Waals surface area contributed by atoms with Crippen molar-refractivity contribution < 1.29 is 19.6 Å². The largest absolute Gasteiger partial charge is 0.347 e. The smallest absolute Gasteiger partial charge is 0.242 e. The van der Waals surface area contributed by atoms with E-state index in [2.05, 4.69) is 29.4 Å². The Morgan fingerprint density at radius 1 is 1.04 bits per heavy atom. The van der Waals surface area contributed by atoms with Crippen LogP contribution in [0, 0.1) is 5.92 Å². The zero-order chi connectivity index (χ0) is 20.1. The van der Waals surface area contributed by atoms with Gasteiger partial charge in [0.25, 0.3) is 0 Å². The molecule has 0 rings (SSSR count). The number of hydroxylamine groups is 1. The lowest BCUT2D eigenvalue weighted by Gasteiger charge is -2.24. The highest BCUT2D eigenvalue weighted by Crippen LogP contribution is 2.06. The van der Waals surface area contributed by atoms with E-state index in [1.165, 1.54) is 6.92 Å². The van der Waals surface area contributed by atoms with Crippen molar-refractivity contribution in [2.24, 2.45) is 5.92 Å². The van der Waals surface area contributed by atoms with Gasteiger partial charge in [0.05, 0.1) is 6.54 Å². The van der Waals surface area contributed by atoms with Crippen LogP contribution in [0.2, 0.25) is 0 Å². The molecule has 0 heterocycles. The maximum Gasteiger partial charge on any atom is 0.242 e. The van der Waals surface area contributed by atoms with Crippen molar-refractivity contribution in [3.8, 4) is 0 Å². The first-order chi connectivity index (χ1) is 12.3. The van der Waals surface area contributed by atoms with Crippen molar-refractivity contribution in [3.05, 3.63) is 0 Å². The minimum atomic E-state index is -0.797. The fraction of sp³-hybridized carbons (Fsp3) is 0.833. The molecule has 4 N–H and O–H groups in total. The van der Waals surface area contributed by atoms with Crippen LogP contribution in [0.15, 0.2) is 0 Å². The monoisotopic (exact) mass is 372 g/mol. The SMILES string of the molecule is CCN(CC)CCCC[C@H](NC(=O)[C@@H](NO)C(C)C)C(=O)NCC(C)=O. The van der Waals surface area contributed by atoms with Crippen molar-refractivity contribution in [1.82, 2.24) is 21.0 Å². The summed E-state index contributed by atoms with van der Waals surface area (Å²) in [6.45, 7) is 12.0. The Morgan fingerprint density at radius 3 is 2.12 bits per heavy atom. The standard InChI is InChI=1S/C18H36N4O4/c1-6-22(7-2)11-9-8-10-15(17(24)19-12-14(5)23)20-18(25)16(21-26)13(3)4/h13,15-16,21,26H,6-12H2,1-5H3,(H,19,24)(H,20,25)/t15-,16-/m0/s1. The van der Waals surface area contributed by atoms with Gasteiger partial charge in [-0.15, -0.1) is 0 Å². The van der Waals surface area contributed by atoms with Crippen molar-refractivity contribution in [3.63, 3.8) is 0 Å². The molecule has 8 heteroatoms. The Bertz CT molecular complexity index is 439. The number of carbonyl (C=O) groups excluding carboxylic acids is 3. The van der Waals surface area contributed by atoms with E-state index in [1.54, 1.807) is 13.8 Å². The van der Waals surface area contributed by atoms with Crippen LogP contribution >= 0.6 is 0 Å². The highest BCUT2D eigenvalue weighted by Gasteiger charge is 2.27. The van der Waals surface area contributed by atoms with E-state index < -0.39 is 18.0 Å². The molecule has 0 aromatic rings. The number of carbonyl (C=O) groups is 3. The van der Waals surface area contributed by atoms with Gasteiger partial charge in [0, 0.05) is 0 Å². The Kier molecular flexibility index (Phi) is 12.9. The molecule has 26 heavy (non-hydrogen) atoms. The molecule has 0 unspecified atom stereocenters. The summed E-state index contributed by atoms with van der Waals surface area (Å²) < 4.78 is 0. The molecule has 0 spiro atoms. The molecule has 0 bridgehead atoms. The van der Waals surface area contributed by atoms with E-state index in [0.29, 0.717) is 6.42 Å². The topological polar surface area (TPSA) is 111 Å². The minimum Gasteiger partial charge on any atom is -0.347 e. The minimum absolute atomic E-state index is 0.0590. The summed E-state index contributed by atoms with van der Waals surface area (Å²) in [6, 6.07) is -1.53. The molecule has 0 aromatic heterocycles. The summed E-state index contributed by atoms with van der Waals surface area (Å²) in [7, 11) is 0. The lowest BCUT2D eigenvalue weighted by atomic mass is 10.0. The molecule has 8 nitrogen and oxygen atoms in total. The zero-order valence-corrected chi connectivity index (χ0v) is 16.8. The number of nitrogens with zero attached hydrogens (tertiary/aromatic N) is 1. The fourth-order valence-corrected chi connectivity index (χ4v) is 2.60. The van der Waals surface area contributed by atoms with E-state index in [1.807, 2.05) is 5.48 Å². The third kappa shape index (κ3) is 9.84. The Balaban J connectivity index is 4.75. The van der Waals surface area contributed by atoms with Crippen LogP contribution in [0.4, 0.5) is 0 Å². The fourth-order valence-electron chi connectivity index (χ4n) is 2.60. The second-order valence-corrected chi connectivity index (χ2v) is 6.85. The molecular weight excluding hydrogens is 336 g/mol. The van der Waals surface area contributed by atoms with Crippen molar-refractivity contribution in [1.29, 1.82) is 0 Å². The van der Waals surface area contributed by atoms with Gasteiger partial charge in [0.1, 0.15) is 17.9 Å². The van der Waals surface area contributed by atoms with Crippen LogP contribution in [0.5, 0.6) is 0 Å². The van der Waals surface area contributed by atoms with Crippen LogP contribution in [-0.4, -0.2) is 66.0 Å². The summed E-state index contributed by atoms with van der Waals surface area (Å²) in [5.41, 5.74) is 1.99. The summed E-state index contributed by atoms with van der Waals surface area (Å²) >= 11 is 0. The van der Waals surface area contributed by atoms with Crippen LogP contribution in [0.1, 0.15) is 53.9 Å². The average Bonchev–Trinajstić information content (AvgIpc) is 2.58. The van der Waals surface area contributed by atoms with E-state index in [9.17, 15) is 14.4 Å².